The molecular weight excluding hydrogens is 232 g/mol. The standard InChI is InChI=1S/C7H14Cl3N3/c1-13(2)5-3-4-12-6(11)7(8,9)10/h3-5H2,1-2H3,(H2,11,12). The summed E-state index contributed by atoms with van der Waals surface area (Å²) in [6, 6.07) is 0. The van der Waals surface area contributed by atoms with Crippen molar-refractivity contribution in [1.82, 2.24) is 4.90 Å². The van der Waals surface area contributed by atoms with E-state index in [9.17, 15) is 0 Å². The number of halogens is 3. The van der Waals surface area contributed by atoms with Gasteiger partial charge in [0.05, 0.1) is 0 Å². The van der Waals surface area contributed by atoms with Gasteiger partial charge in [-0.2, -0.15) is 0 Å². The predicted molar refractivity (Wildman–Crippen MR) is 60.0 cm³/mol. The second-order valence-electron chi connectivity index (χ2n) is 2.92. The lowest BCUT2D eigenvalue weighted by atomic mass is 10.4. The van der Waals surface area contributed by atoms with E-state index >= 15 is 0 Å². The Kier molecular flexibility index (Phi) is 6.05. The smallest absolute Gasteiger partial charge is 0.247 e. The van der Waals surface area contributed by atoms with E-state index < -0.39 is 3.79 Å². The van der Waals surface area contributed by atoms with E-state index in [-0.39, 0.29) is 5.84 Å². The average Bonchev–Trinajstić information content (AvgIpc) is 1.95. The van der Waals surface area contributed by atoms with Crippen molar-refractivity contribution in [3.63, 3.8) is 0 Å². The molecule has 0 spiro atoms. The summed E-state index contributed by atoms with van der Waals surface area (Å²) in [5.74, 6) is 0.0521. The van der Waals surface area contributed by atoms with E-state index in [4.69, 9.17) is 40.5 Å². The molecule has 0 aliphatic rings. The van der Waals surface area contributed by atoms with Gasteiger partial charge in [-0.15, -0.1) is 0 Å². The average molecular weight is 247 g/mol. The fourth-order valence-electron chi connectivity index (χ4n) is 0.676. The summed E-state index contributed by atoms with van der Waals surface area (Å²) < 4.78 is -1.57. The van der Waals surface area contributed by atoms with Crippen molar-refractivity contribution in [3.8, 4) is 0 Å². The molecule has 0 aromatic rings. The van der Waals surface area contributed by atoms with E-state index in [2.05, 4.69) is 9.89 Å². The van der Waals surface area contributed by atoms with Gasteiger partial charge in [0.15, 0.2) is 0 Å². The molecule has 0 aliphatic heterocycles. The molecule has 0 bridgehead atoms. The van der Waals surface area contributed by atoms with Gasteiger partial charge >= 0.3 is 0 Å². The molecule has 0 saturated heterocycles. The maximum Gasteiger partial charge on any atom is 0.247 e. The van der Waals surface area contributed by atoms with Crippen LogP contribution in [-0.4, -0.2) is 41.7 Å². The molecule has 78 valence electrons. The molecule has 0 unspecified atom stereocenters. The van der Waals surface area contributed by atoms with Gasteiger partial charge in [-0.3, -0.25) is 4.99 Å². The SMILES string of the molecule is CN(C)CCCN=C(N)C(Cl)(Cl)Cl. The first-order chi connectivity index (χ1) is 5.84. The Bertz CT molecular complexity index is 174. The highest BCUT2D eigenvalue weighted by molar-refractivity contribution is 6.76. The molecule has 0 atom stereocenters. The van der Waals surface area contributed by atoms with Crippen molar-refractivity contribution in [3.05, 3.63) is 0 Å². The molecule has 0 heterocycles. The van der Waals surface area contributed by atoms with Crippen LogP contribution >= 0.6 is 34.8 Å². The third kappa shape index (κ3) is 7.38. The van der Waals surface area contributed by atoms with E-state index in [1.165, 1.54) is 0 Å². The summed E-state index contributed by atoms with van der Waals surface area (Å²) in [6.45, 7) is 1.52. The van der Waals surface area contributed by atoms with Crippen LogP contribution in [0.25, 0.3) is 0 Å². The Morgan fingerprint density at radius 3 is 2.31 bits per heavy atom. The van der Waals surface area contributed by atoms with Crippen LogP contribution in [0.4, 0.5) is 0 Å². The number of hydrogen-bond donors (Lipinski definition) is 1. The maximum absolute atomic E-state index is 5.49. The van der Waals surface area contributed by atoms with Gasteiger partial charge in [0.25, 0.3) is 0 Å². The Balaban J connectivity index is 3.73. The van der Waals surface area contributed by atoms with Crippen LogP contribution in [0.2, 0.25) is 0 Å². The lowest BCUT2D eigenvalue weighted by Crippen LogP contribution is -2.28. The predicted octanol–water partition coefficient (Wildman–Crippen LogP) is 1.67. The number of alkyl halides is 3. The molecule has 0 aromatic carbocycles. The molecule has 6 heteroatoms. The fraction of sp³-hybridized carbons (Fsp3) is 0.857. The molecular formula is C7H14Cl3N3. The summed E-state index contributed by atoms with van der Waals surface area (Å²) in [4.78, 5) is 6.00. The van der Waals surface area contributed by atoms with Gasteiger partial charge < -0.3 is 10.6 Å². The first kappa shape index (κ1) is 13.3. The highest BCUT2D eigenvalue weighted by Gasteiger charge is 2.24. The highest BCUT2D eigenvalue weighted by atomic mass is 35.6. The number of amidine groups is 1. The maximum atomic E-state index is 5.49. The third-order valence-corrected chi connectivity index (χ3v) is 1.92. The van der Waals surface area contributed by atoms with Crippen molar-refractivity contribution in [2.45, 2.75) is 10.2 Å². The van der Waals surface area contributed by atoms with E-state index in [1.807, 2.05) is 14.1 Å². The van der Waals surface area contributed by atoms with E-state index in [0.29, 0.717) is 6.54 Å². The quantitative estimate of drug-likeness (QED) is 0.355. The number of nitrogens with two attached hydrogens (primary N) is 1. The Hall–Kier alpha value is 0.300. The van der Waals surface area contributed by atoms with E-state index in [0.717, 1.165) is 13.0 Å². The lowest BCUT2D eigenvalue weighted by Gasteiger charge is -2.10. The summed E-state index contributed by atoms with van der Waals surface area (Å²) in [6.07, 6.45) is 0.897. The van der Waals surface area contributed by atoms with Crippen molar-refractivity contribution >= 4 is 40.6 Å². The summed E-state index contributed by atoms with van der Waals surface area (Å²) >= 11 is 16.5. The van der Waals surface area contributed by atoms with Gasteiger partial charge in [-0.25, -0.2) is 0 Å². The minimum atomic E-state index is -1.57. The third-order valence-electron chi connectivity index (χ3n) is 1.34. The first-order valence-corrected chi connectivity index (χ1v) is 4.99. The second-order valence-corrected chi connectivity index (χ2v) is 5.20. The zero-order chi connectivity index (χ0) is 10.5. The van der Waals surface area contributed by atoms with Crippen LogP contribution in [0, 0.1) is 0 Å². The number of hydrogen-bond acceptors (Lipinski definition) is 2. The van der Waals surface area contributed by atoms with Crippen LogP contribution in [-0.2, 0) is 0 Å². The minimum absolute atomic E-state index is 0.0521. The van der Waals surface area contributed by atoms with Gasteiger partial charge in [-0.05, 0) is 27.1 Å². The molecule has 0 aromatic heterocycles. The molecule has 0 radical (unpaired) electrons. The van der Waals surface area contributed by atoms with Crippen molar-refractivity contribution in [2.24, 2.45) is 10.7 Å². The molecule has 0 fully saturated rings. The normalized spacial score (nSPS) is 13.8. The largest absolute Gasteiger partial charge is 0.384 e. The van der Waals surface area contributed by atoms with Gasteiger partial charge in [0.2, 0.25) is 3.79 Å². The highest BCUT2D eigenvalue weighted by Crippen LogP contribution is 2.25. The van der Waals surface area contributed by atoms with Crippen molar-refractivity contribution in [1.29, 1.82) is 0 Å². The lowest BCUT2D eigenvalue weighted by molar-refractivity contribution is 0.403. The number of rotatable bonds is 4. The molecule has 0 rings (SSSR count). The molecule has 3 nitrogen and oxygen atoms in total. The zero-order valence-electron chi connectivity index (χ0n) is 7.73. The van der Waals surface area contributed by atoms with Gasteiger partial charge in [0.1, 0.15) is 5.84 Å². The molecule has 0 amide bonds. The second kappa shape index (κ2) is 5.91. The van der Waals surface area contributed by atoms with Crippen molar-refractivity contribution in [2.75, 3.05) is 27.2 Å². The van der Waals surface area contributed by atoms with Crippen LogP contribution in [0.5, 0.6) is 0 Å². The Labute approximate surface area is 93.8 Å². The van der Waals surface area contributed by atoms with Crippen LogP contribution in [0.1, 0.15) is 6.42 Å². The zero-order valence-corrected chi connectivity index (χ0v) is 9.99. The van der Waals surface area contributed by atoms with Crippen LogP contribution in [0.3, 0.4) is 0 Å². The van der Waals surface area contributed by atoms with Gasteiger partial charge in [-0.1, -0.05) is 34.8 Å². The summed E-state index contributed by atoms with van der Waals surface area (Å²) in [5.41, 5.74) is 5.41. The van der Waals surface area contributed by atoms with Crippen molar-refractivity contribution < 1.29 is 0 Å². The van der Waals surface area contributed by atoms with Crippen LogP contribution in [0.15, 0.2) is 4.99 Å². The number of nitrogens with zero attached hydrogens (tertiary/aromatic N) is 2. The van der Waals surface area contributed by atoms with E-state index in [1.54, 1.807) is 0 Å². The Morgan fingerprint density at radius 2 is 1.92 bits per heavy atom. The monoisotopic (exact) mass is 245 g/mol. The van der Waals surface area contributed by atoms with Crippen LogP contribution < -0.4 is 5.73 Å². The first-order valence-electron chi connectivity index (χ1n) is 3.86. The molecule has 2 N–H and O–H groups in total. The topological polar surface area (TPSA) is 41.6 Å². The number of aliphatic imine (C=N–C) groups is 1. The fourth-order valence-corrected chi connectivity index (χ4v) is 0.855. The molecule has 0 saturated carbocycles. The van der Waals surface area contributed by atoms with Gasteiger partial charge in [0, 0.05) is 6.54 Å². The minimum Gasteiger partial charge on any atom is -0.384 e. The summed E-state index contributed by atoms with van der Waals surface area (Å²) in [5, 5.41) is 0. The molecule has 0 aliphatic carbocycles. The Morgan fingerprint density at radius 1 is 1.38 bits per heavy atom. The molecule has 13 heavy (non-hydrogen) atoms. The summed E-state index contributed by atoms with van der Waals surface area (Å²) in [7, 11) is 3.98.